The topological polar surface area (TPSA) is 46.5 Å². The molecule has 0 bridgehead atoms. The first-order valence-electron chi connectivity index (χ1n) is 6.40. The average molecular weight is 298 g/mol. The fourth-order valence-electron chi connectivity index (χ4n) is 2.13. The van der Waals surface area contributed by atoms with Crippen LogP contribution < -0.4 is 0 Å². The molecule has 5 heteroatoms. The Balaban J connectivity index is 2.28. The lowest BCUT2D eigenvalue weighted by atomic mass is 10.2. The maximum absolute atomic E-state index is 11.5. The van der Waals surface area contributed by atoms with E-state index in [4.69, 9.17) is 4.74 Å². The van der Waals surface area contributed by atoms with Gasteiger partial charge in [0.1, 0.15) is 0 Å². The molecule has 2 rings (SSSR count). The first kappa shape index (κ1) is 14.8. The molecule has 1 aromatic carbocycles. The minimum Gasteiger partial charge on any atom is -0.478 e. The Bertz CT molecular complexity index is 462. The van der Waals surface area contributed by atoms with Crippen molar-refractivity contribution in [3.63, 3.8) is 0 Å². The Kier molecular flexibility index (Phi) is 5.19. The Morgan fingerprint density at radius 3 is 2.79 bits per heavy atom. The van der Waals surface area contributed by atoms with Gasteiger partial charge >= 0.3 is 5.97 Å². The van der Waals surface area contributed by atoms with E-state index >= 15 is 0 Å². The van der Waals surface area contributed by atoms with Crippen LogP contribution in [0.15, 0.2) is 28.0 Å². The largest absolute Gasteiger partial charge is 0.478 e. The van der Waals surface area contributed by atoms with Crippen LogP contribution >= 0.6 is 23.5 Å². The molecule has 1 aliphatic heterocycles. The number of carboxylic acids is 1. The summed E-state index contributed by atoms with van der Waals surface area (Å²) < 4.78 is 5.54. The van der Waals surface area contributed by atoms with E-state index in [1.54, 1.807) is 23.5 Å². The van der Waals surface area contributed by atoms with E-state index in [2.05, 4.69) is 6.92 Å². The van der Waals surface area contributed by atoms with Gasteiger partial charge in [0.25, 0.3) is 0 Å². The molecule has 1 aromatic rings. The second-order valence-corrected chi connectivity index (χ2v) is 6.98. The molecule has 1 heterocycles. The minimum atomic E-state index is -0.842. The summed E-state index contributed by atoms with van der Waals surface area (Å²) in [4.78, 5) is 13.2. The zero-order chi connectivity index (χ0) is 13.8. The molecule has 1 saturated heterocycles. The van der Waals surface area contributed by atoms with Crippen molar-refractivity contribution in [2.45, 2.75) is 41.4 Å². The smallest absolute Gasteiger partial charge is 0.337 e. The third kappa shape index (κ3) is 3.46. The molecule has 3 nitrogen and oxygen atoms in total. The van der Waals surface area contributed by atoms with Crippen molar-refractivity contribution in [1.29, 1.82) is 0 Å². The highest BCUT2D eigenvalue weighted by Crippen LogP contribution is 2.37. The van der Waals surface area contributed by atoms with Crippen LogP contribution in [0, 0.1) is 0 Å². The molecule has 0 aromatic heterocycles. The number of ether oxygens (including phenoxy) is 1. The van der Waals surface area contributed by atoms with Gasteiger partial charge in [-0.2, -0.15) is 0 Å². The monoisotopic (exact) mass is 298 g/mol. The summed E-state index contributed by atoms with van der Waals surface area (Å²) in [6.45, 7) is 4.85. The number of hydrogen-bond acceptors (Lipinski definition) is 4. The third-order valence-electron chi connectivity index (χ3n) is 3.09. The summed E-state index contributed by atoms with van der Waals surface area (Å²) >= 11 is 3.21. The van der Waals surface area contributed by atoms with Gasteiger partial charge in [0.05, 0.1) is 11.7 Å². The summed E-state index contributed by atoms with van der Waals surface area (Å²) in [7, 11) is 0. The van der Waals surface area contributed by atoms with Crippen molar-refractivity contribution in [2.75, 3.05) is 12.4 Å². The maximum atomic E-state index is 11.5. The van der Waals surface area contributed by atoms with E-state index < -0.39 is 5.97 Å². The third-order valence-corrected chi connectivity index (χ3v) is 5.54. The van der Waals surface area contributed by atoms with E-state index in [0.29, 0.717) is 10.8 Å². The lowest BCUT2D eigenvalue weighted by Crippen LogP contribution is -2.14. The molecule has 2 unspecified atom stereocenters. The Labute approximate surface area is 122 Å². The molecule has 104 valence electrons. The van der Waals surface area contributed by atoms with Crippen molar-refractivity contribution >= 4 is 29.5 Å². The number of aromatic carboxylic acids is 1. The van der Waals surface area contributed by atoms with Crippen molar-refractivity contribution in [2.24, 2.45) is 0 Å². The number of carbonyl (C=O) groups is 1. The number of hydrogen-bond donors (Lipinski definition) is 1. The average Bonchev–Trinajstić information content (AvgIpc) is 2.75. The van der Waals surface area contributed by atoms with E-state index in [1.165, 1.54) is 0 Å². The van der Waals surface area contributed by atoms with Crippen molar-refractivity contribution in [3.8, 4) is 0 Å². The highest BCUT2D eigenvalue weighted by Gasteiger charge is 2.27. The molecule has 0 amide bonds. The standard InChI is InChI=1S/C14H18O3S2/c1-3-18-11-5-4-6-12(13(11)14(15)16)19-10-7-8-17-9(10)2/h4-6,9-10H,3,7-8H2,1-2H3,(H,15,16). The number of carboxylic acid groups (broad SMARTS) is 1. The lowest BCUT2D eigenvalue weighted by Gasteiger charge is -2.16. The van der Waals surface area contributed by atoms with Crippen LogP contribution in [0.25, 0.3) is 0 Å². The van der Waals surface area contributed by atoms with E-state index in [1.807, 2.05) is 25.1 Å². The maximum Gasteiger partial charge on any atom is 0.337 e. The summed E-state index contributed by atoms with van der Waals surface area (Å²) in [5, 5.41) is 9.80. The van der Waals surface area contributed by atoms with Crippen LogP contribution in [0.1, 0.15) is 30.6 Å². The molecule has 0 radical (unpaired) electrons. The van der Waals surface area contributed by atoms with Crippen molar-refractivity contribution in [3.05, 3.63) is 23.8 Å². The summed E-state index contributed by atoms with van der Waals surface area (Å²) in [5.74, 6) is 0.0303. The molecule has 0 aliphatic carbocycles. The molecule has 19 heavy (non-hydrogen) atoms. The molecular weight excluding hydrogens is 280 g/mol. The zero-order valence-electron chi connectivity index (χ0n) is 11.1. The van der Waals surface area contributed by atoms with Crippen LogP contribution in [0.2, 0.25) is 0 Å². The number of rotatable bonds is 5. The predicted molar refractivity (Wildman–Crippen MR) is 79.5 cm³/mol. The van der Waals surface area contributed by atoms with Gasteiger partial charge in [-0.25, -0.2) is 4.79 Å². The van der Waals surface area contributed by atoms with E-state index in [0.717, 1.165) is 28.6 Å². The Morgan fingerprint density at radius 2 is 2.21 bits per heavy atom. The van der Waals surface area contributed by atoms with Gasteiger partial charge < -0.3 is 9.84 Å². The fourth-order valence-corrected chi connectivity index (χ4v) is 4.30. The van der Waals surface area contributed by atoms with E-state index in [-0.39, 0.29) is 6.10 Å². The molecule has 2 atom stereocenters. The summed E-state index contributed by atoms with van der Waals surface area (Å²) in [5.41, 5.74) is 0.443. The fraction of sp³-hybridized carbons (Fsp3) is 0.500. The van der Waals surface area contributed by atoms with Crippen LogP contribution in [-0.2, 0) is 4.74 Å². The second-order valence-electron chi connectivity index (χ2n) is 4.39. The second kappa shape index (κ2) is 6.68. The van der Waals surface area contributed by atoms with Gasteiger partial charge in [-0.15, -0.1) is 23.5 Å². The molecular formula is C14H18O3S2. The highest BCUT2D eigenvalue weighted by molar-refractivity contribution is 8.00. The van der Waals surface area contributed by atoms with Crippen LogP contribution in [0.3, 0.4) is 0 Å². The summed E-state index contributed by atoms with van der Waals surface area (Å²) in [6, 6.07) is 5.72. The van der Waals surface area contributed by atoms with Gasteiger partial charge in [0.15, 0.2) is 0 Å². The number of benzene rings is 1. The Hall–Kier alpha value is -0.650. The summed E-state index contributed by atoms with van der Waals surface area (Å²) in [6.07, 6.45) is 1.17. The van der Waals surface area contributed by atoms with Gasteiger partial charge in [-0.3, -0.25) is 0 Å². The highest BCUT2D eigenvalue weighted by atomic mass is 32.2. The quantitative estimate of drug-likeness (QED) is 0.839. The minimum absolute atomic E-state index is 0.189. The molecule has 1 N–H and O–H groups in total. The van der Waals surface area contributed by atoms with Gasteiger partial charge in [0.2, 0.25) is 0 Å². The normalized spacial score (nSPS) is 22.6. The first-order chi connectivity index (χ1) is 9.13. The predicted octanol–water partition coefficient (Wildman–Crippen LogP) is 3.77. The lowest BCUT2D eigenvalue weighted by molar-refractivity contribution is 0.0689. The van der Waals surface area contributed by atoms with Crippen LogP contribution in [0.4, 0.5) is 0 Å². The SMILES string of the molecule is CCSc1cccc(SC2CCOC2C)c1C(=O)O. The zero-order valence-corrected chi connectivity index (χ0v) is 12.7. The van der Waals surface area contributed by atoms with Gasteiger partial charge in [-0.05, 0) is 31.2 Å². The van der Waals surface area contributed by atoms with Gasteiger partial charge in [0, 0.05) is 21.6 Å². The van der Waals surface area contributed by atoms with Crippen molar-refractivity contribution in [1.82, 2.24) is 0 Å². The van der Waals surface area contributed by atoms with Crippen LogP contribution in [-0.4, -0.2) is 34.8 Å². The number of thioether (sulfide) groups is 2. The molecule has 1 fully saturated rings. The molecule has 0 saturated carbocycles. The molecule has 0 spiro atoms. The van der Waals surface area contributed by atoms with Crippen molar-refractivity contribution < 1.29 is 14.6 Å². The molecule has 1 aliphatic rings. The van der Waals surface area contributed by atoms with E-state index in [9.17, 15) is 9.90 Å². The van der Waals surface area contributed by atoms with Crippen LogP contribution in [0.5, 0.6) is 0 Å². The Morgan fingerprint density at radius 1 is 1.47 bits per heavy atom. The van der Waals surface area contributed by atoms with Gasteiger partial charge in [-0.1, -0.05) is 13.0 Å². The first-order valence-corrected chi connectivity index (χ1v) is 8.27.